The quantitative estimate of drug-likeness (QED) is 0.893. The number of aliphatic hydroxyl groups excluding tert-OH is 1. The summed E-state index contributed by atoms with van der Waals surface area (Å²) in [5, 5.41) is 10.3. The molecule has 1 aromatic rings. The van der Waals surface area contributed by atoms with Gasteiger partial charge in [0.15, 0.2) is 0 Å². The van der Waals surface area contributed by atoms with E-state index in [4.69, 9.17) is 5.73 Å². The molecule has 108 valence electrons. The molecular formula is C16H26ClNO. The van der Waals surface area contributed by atoms with E-state index < -0.39 is 0 Å². The van der Waals surface area contributed by atoms with E-state index in [9.17, 15) is 5.11 Å². The molecular weight excluding hydrogens is 258 g/mol. The van der Waals surface area contributed by atoms with Crippen LogP contribution in [0, 0.1) is 40.5 Å². The van der Waals surface area contributed by atoms with Crippen LogP contribution in [0.1, 0.15) is 52.3 Å². The third kappa shape index (κ3) is 2.81. The van der Waals surface area contributed by atoms with E-state index >= 15 is 0 Å². The van der Waals surface area contributed by atoms with Gasteiger partial charge in [-0.3, -0.25) is 0 Å². The van der Waals surface area contributed by atoms with E-state index in [-0.39, 0.29) is 24.6 Å². The van der Waals surface area contributed by atoms with Crippen LogP contribution < -0.4 is 5.73 Å². The average Bonchev–Trinajstić information content (AvgIpc) is 3.17. The van der Waals surface area contributed by atoms with Crippen LogP contribution in [-0.2, 0) is 0 Å². The van der Waals surface area contributed by atoms with Gasteiger partial charge in [-0.1, -0.05) is 0 Å². The normalized spacial score (nSPS) is 17.8. The number of hydrogen-bond acceptors (Lipinski definition) is 2. The third-order valence-corrected chi connectivity index (χ3v) is 4.86. The minimum absolute atomic E-state index is 0. The molecule has 0 amide bonds. The number of benzene rings is 1. The highest BCUT2D eigenvalue weighted by Crippen LogP contribution is 2.39. The molecule has 0 aliphatic heterocycles. The molecule has 1 aromatic carbocycles. The van der Waals surface area contributed by atoms with Crippen LogP contribution in [0.3, 0.4) is 0 Å². The lowest BCUT2D eigenvalue weighted by Crippen LogP contribution is -2.30. The molecule has 2 atom stereocenters. The van der Waals surface area contributed by atoms with Gasteiger partial charge in [0.25, 0.3) is 0 Å². The van der Waals surface area contributed by atoms with E-state index in [1.807, 2.05) is 0 Å². The molecule has 1 aliphatic rings. The summed E-state index contributed by atoms with van der Waals surface area (Å²) in [6, 6.07) is -0.240. The molecule has 0 bridgehead atoms. The molecule has 1 fully saturated rings. The maximum atomic E-state index is 10.3. The van der Waals surface area contributed by atoms with E-state index in [1.54, 1.807) is 0 Å². The van der Waals surface area contributed by atoms with Crippen LogP contribution >= 0.6 is 12.4 Å². The van der Waals surface area contributed by atoms with Crippen molar-refractivity contribution in [2.45, 2.75) is 59.6 Å². The predicted octanol–water partition coefficient (Wildman–Crippen LogP) is 3.42. The van der Waals surface area contributed by atoms with Crippen molar-refractivity contribution in [1.82, 2.24) is 0 Å². The zero-order valence-electron chi connectivity index (χ0n) is 12.6. The summed E-state index contributed by atoms with van der Waals surface area (Å²) in [5.41, 5.74) is 14.0. The van der Waals surface area contributed by atoms with Crippen molar-refractivity contribution < 1.29 is 5.11 Å². The number of nitrogens with two attached hydrogens (primary N) is 1. The third-order valence-electron chi connectivity index (χ3n) is 4.86. The summed E-state index contributed by atoms with van der Waals surface area (Å²) in [7, 11) is 0. The fraction of sp³-hybridized carbons (Fsp3) is 0.625. The Morgan fingerprint density at radius 3 is 1.63 bits per heavy atom. The van der Waals surface area contributed by atoms with Gasteiger partial charge in [-0.2, -0.15) is 0 Å². The largest absolute Gasteiger partial charge is 0.391 e. The smallest absolute Gasteiger partial charge is 0.0761 e. The Bertz CT molecular complexity index is 451. The zero-order valence-corrected chi connectivity index (χ0v) is 13.4. The predicted molar refractivity (Wildman–Crippen MR) is 83.0 cm³/mol. The summed E-state index contributed by atoms with van der Waals surface area (Å²) in [6.07, 6.45) is 1.86. The number of rotatable bonds is 3. The first-order valence-electron chi connectivity index (χ1n) is 6.86. The minimum Gasteiger partial charge on any atom is -0.391 e. The van der Waals surface area contributed by atoms with Gasteiger partial charge in [-0.15, -0.1) is 12.4 Å². The second-order valence-electron chi connectivity index (χ2n) is 5.89. The molecule has 1 aliphatic carbocycles. The molecule has 2 nitrogen and oxygen atoms in total. The maximum Gasteiger partial charge on any atom is 0.0761 e. The summed E-state index contributed by atoms with van der Waals surface area (Å²) in [6.45, 7) is 10.7. The van der Waals surface area contributed by atoms with E-state index in [1.165, 1.54) is 27.8 Å². The first kappa shape index (κ1) is 16.5. The Kier molecular flexibility index (Phi) is 5.05. The molecule has 0 aromatic heterocycles. The summed E-state index contributed by atoms with van der Waals surface area (Å²) < 4.78 is 0. The van der Waals surface area contributed by atoms with Crippen LogP contribution in [0.25, 0.3) is 0 Å². The van der Waals surface area contributed by atoms with Crippen molar-refractivity contribution in [2.75, 3.05) is 0 Å². The van der Waals surface area contributed by atoms with Crippen LogP contribution in [-0.4, -0.2) is 11.2 Å². The van der Waals surface area contributed by atoms with E-state index in [2.05, 4.69) is 34.6 Å². The maximum absolute atomic E-state index is 10.3. The molecule has 0 radical (unpaired) electrons. The molecule has 19 heavy (non-hydrogen) atoms. The number of halogens is 1. The van der Waals surface area contributed by atoms with Crippen molar-refractivity contribution in [3.63, 3.8) is 0 Å². The minimum atomic E-state index is -0.385. The standard InChI is InChI=1S/C16H25NO.ClH/c1-8-9(2)11(4)14(12(5)10(8)3)15(17)16(18)13-6-7-13;/h13,15-16,18H,6-7,17H2,1-5H3;1H/t15-,16+;/m0./s1. The molecule has 1 saturated carbocycles. The fourth-order valence-corrected chi connectivity index (χ4v) is 2.93. The fourth-order valence-electron chi connectivity index (χ4n) is 2.93. The molecule has 3 heteroatoms. The lowest BCUT2D eigenvalue weighted by molar-refractivity contribution is 0.122. The van der Waals surface area contributed by atoms with Gasteiger partial charge in [0.05, 0.1) is 12.1 Å². The van der Waals surface area contributed by atoms with Gasteiger partial charge >= 0.3 is 0 Å². The Hall–Kier alpha value is -0.570. The lowest BCUT2D eigenvalue weighted by Gasteiger charge is -2.26. The van der Waals surface area contributed by atoms with Gasteiger partial charge in [-0.25, -0.2) is 0 Å². The van der Waals surface area contributed by atoms with Gasteiger partial charge < -0.3 is 10.8 Å². The van der Waals surface area contributed by atoms with Crippen molar-refractivity contribution in [3.8, 4) is 0 Å². The molecule has 0 spiro atoms. The van der Waals surface area contributed by atoms with Crippen molar-refractivity contribution in [1.29, 1.82) is 0 Å². The molecule has 0 saturated heterocycles. The molecule has 0 heterocycles. The van der Waals surface area contributed by atoms with Crippen LogP contribution in [0.2, 0.25) is 0 Å². The Morgan fingerprint density at radius 2 is 1.26 bits per heavy atom. The summed E-state index contributed by atoms with van der Waals surface area (Å²) in [4.78, 5) is 0. The zero-order chi connectivity index (χ0) is 13.6. The van der Waals surface area contributed by atoms with Gasteiger partial charge in [0.2, 0.25) is 0 Å². The van der Waals surface area contributed by atoms with Crippen molar-refractivity contribution in [3.05, 3.63) is 33.4 Å². The molecule has 0 unspecified atom stereocenters. The topological polar surface area (TPSA) is 46.2 Å². The monoisotopic (exact) mass is 283 g/mol. The highest BCUT2D eigenvalue weighted by molar-refractivity contribution is 5.85. The van der Waals surface area contributed by atoms with E-state index in [0.717, 1.165) is 18.4 Å². The molecule has 3 N–H and O–H groups in total. The van der Waals surface area contributed by atoms with Crippen LogP contribution in [0.5, 0.6) is 0 Å². The number of hydrogen-bond donors (Lipinski definition) is 2. The summed E-state index contributed by atoms with van der Waals surface area (Å²) in [5.74, 6) is 0.417. The highest BCUT2D eigenvalue weighted by atomic mass is 35.5. The summed E-state index contributed by atoms with van der Waals surface area (Å²) >= 11 is 0. The van der Waals surface area contributed by atoms with E-state index in [0.29, 0.717) is 5.92 Å². The Morgan fingerprint density at radius 1 is 0.895 bits per heavy atom. The van der Waals surface area contributed by atoms with Crippen molar-refractivity contribution >= 4 is 12.4 Å². The lowest BCUT2D eigenvalue weighted by atomic mass is 9.84. The SMILES string of the molecule is Cc1c(C)c(C)c([C@H](N)[C@H](O)C2CC2)c(C)c1C.Cl. The van der Waals surface area contributed by atoms with Crippen LogP contribution in [0.15, 0.2) is 0 Å². The first-order valence-corrected chi connectivity index (χ1v) is 6.86. The highest BCUT2D eigenvalue weighted by Gasteiger charge is 2.35. The van der Waals surface area contributed by atoms with Gasteiger partial charge in [0.1, 0.15) is 0 Å². The second-order valence-corrected chi connectivity index (χ2v) is 5.89. The Balaban J connectivity index is 0.00000180. The van der Waals surface area contributed by atoms with Crippen LogP contribution in [0.4, 0.5) is 0 Å². The van der Waals surface area contributed by atoms with Crippen molar-refractivity contribution in [2.24, 2.45) is 11.7 Å². The Labute approximate surface area is 122 Å². The molecule has 2 rings (SSSR count). The number of aliphatic hydroxyl groups is 1. The average molecular weight is 284 g/mol. The van der Waals surface area contributed by atoms with Gasteiger partial charge in [-0.05, 0) is 86.8 Å². The second kappa shape index (κ2) is 5.82. The first-order chi connectivity index (χ1) is 8.36. The van der Waals surface area contributed by atoms with Gasteiger partial charge in [0, 0.05) is 0 Å².